The van der Waals surface area contributed by atoms with Crippen LogP contribution in [-0.2, 0) is 21.6 Å². The predicted octanol–water partition coefficient (Wildman–Crippen LogP) is 4.36. The number of aromatic nitrogens is 4. The zero-order chi connectivity index (χ0) is 26.2. The first-order valence-electron chi connectivity index (χ1n) is 11.5. The molecule has 0 fully saturated rings. The molecule has 0 amide bonds. The van der Waals surface area contributed by atoms with Gasteiger partial charge in [0.2, 0.25) is 5.89 Å². The Morgan fingerprint density at radius 1 is 1.17 bits per heavy atom. The normalized spacial score (nSPS) is 12.9. The SMILES string of the molecule is CC(=O)C(C)(C)n1c(=O)c2nc(-c3ncco3)ccc2n(C[C@H](OC(C)C)c2ccccc2Cl)c1=O. The van der Waals surface area contributed by atoms with E-state index in [0.29, 0.717) is 21.8 Å². The van der Waals surface area contributed by atoms with Crippen molar-refractivity contribution in [2.75, 3.05) is 0 Å². The number of carbonyl (C=O) groups excluding carboxylic acids is 1. The maximum Gasteiger partial charge on any atom is 0.332 e. The van der Waals surface area contributed by atoms with Crippen LogP contribution in [0.5, 0.6) is 0 Å². The van der Waals surface area contributed by atoms with Crippen molar-refractivity contribution >= 4 is 28.4 Å². The van der Waals surface area contributed by atoms with Crippen molar-refractivity contribution < 1.29 is 13.9 Å². The summed E-state index contributed by atoms with van der Waals surface area (Å²) >= 11 is 6.48. The molecule has 1 aromatic carbocycles. The highest BCUT2D eigenvalue weighted by Gasteiger charge is 2.32. The number of halogens is 1. The van der Waals surface area contributed by atoms with Gasteiger partial charge >= 0.3 is 5.69 Å². The van der Waals surface area contributed by atoms with E-state index in [2.05, 4.69) is 9.97 Å². The second kappa shape index (κ2) is 9.83. The van der Waals surface area contributed by atoms with Crippen LogP contribution >= 0.6 is 11.6 Å². The van der Waals surface area contributed by atoms with Gasteiger partial charge in [-0.2, -0.15) is 0 Å². The molecule has 0 N–H and O–H groups in total. The van der Waals surface area contributed by atoms with Crippen LogP contribution in [-0.4, -0.2) is 31.0 Å². The van der Waals surface area contributed by atoms with Crippen LogP contribution in [0.2, 0.25) is 5.02 Å². The maximum absolute atomic E-state index is 13.8. The van der Waals surface area contributed by atoms with Gasteiger partial charge in [0.15, 0.2) is 11.3 Å². The number of oxazole rings is 1. The van der Waals surface area contributed by atoms with Crippen molar-refractivity contribution in [3.05, 3.63) is 80.3 Å². The fraction of sp³-hybridized carbons (Fsp3) is 0.346. The second-order valence-electron chi connectivity index (χ2n) is 9.25. The van der Waals surface area contributed by atoms with Crippen molar-refractivity contribution in [1.29, 1.82) is 0 Å². The molecule has 4 rings (SSSR count). The molecule has 9 nitrogen and oxygen atoms in total. The van der Waals surface area contributed by atoms with Gasteiger partial charge in [-0.3, -0.25) is 14.2 Å². The van der Waals surface area contributed by atoms with Crippen LogP contribution in [0.15, 0.2) is 62.9 Å². The molecule has 1 atom stereocenters. The molecule has 0 aliphatic carbocycles. The van der Waals surface area contributed by atoms with E-state index in [-0.39, 0.29) is 29.8 Å². The van der Waals surface area contributed by atoms with Gasteiger partial charge in [0.25, 0.3) is 5.56 Å². The molecule has 188 valence electrons. The first-order valence-corrected chi connectivity index (χ1v) is 11.9. The summed E-state index contributed by atoms with van der Waals surface area (Å²) < 4.78 is 13.9. The van der Waals surface area contributed by atoms with Gasteiger partial charge in [0.1, 0.15) is 23.6 Å². The Hall–Kier alpha value is -3.56. The van der Waals surface area contributed by atoms with E-state index in [1.807, 2.05) is 32.0 Å². The predicted molar refractivity (Wildman–Crippen MR) is 136 cm³/mol. The Morgan fingerprint density at radius 3 is 2.50 bits per heavy atom. The average molecular weight is 511 g/mol. The highest BCUT2D eigenvalue weighted by molar-refractivity contribution is 6.31. The zero-order valence-electron chi connectivity index (χ0n) is 20.7. The van der Waals surface area contributed by atoms with Gasteiger partial charge in [-0.05, 0) is 52.8 Å². The van der Waals surface area contributed by atoms with Crippen LogP contribution < -0.4 is 11.2 Å². The van der Waals surface area contributed by atoms with Gasteiger partial charge in [0, 0.05) is 10.6 Å². The summed E-state index contributed by atoms with van der Waals surface area (Å²) in [6.07, 6.45) is 2.08. The molecule has 3 heterocycles. The number of nitrogens with zero attached hydrogens (tertiary/aromatic N) is 4. The minimum absolute atomic E-state index is 0.00193. The lowest BCUT2D eigenvalue weighted by Gasteiger charge is -2.27. The third-order valence-corrected chi connectivity index (χ3v) is 6.45. The largest absolute Gasteiger partial charge is 0.443 e. The van der Waals surface area contributed by atoms with Gasteiger partial charge in [-0.15, -0.1) is 0 Å². The summed E-state index contributed by atoms with van der Waals surface area (Å²) in [7, 11) is 0. The summed E-state index contributed by atoms with van der Waals surface area (Å²) in [5, 5.41) is 0.488. The van der Waals surface area contributed by atoms with E-state index in [0.717, 1.165) is 4.57 Å². The lowest BCUT2D eigenvalue weighted by Crippen LogP contribution is -2.52. The zero-order valence-corrected chi connectivity index (χ0v) is 21.4. The molecule has 3 aromatic heterocycles. The van der Waals surface area contributed by atoms with Gasteiger partial charge < -0.3 is 9.15 Å². The van der Waals surface area contributed by atoms with Crippen LogP contribution in [0, 0.1) is 0 Å². The van der Waals surface area contributed by atoms with Crippen molar-refractivity contribution in [3.8, 4) is 11.6 Å². The minimum atomic E-state index is -1.41. The van der Waals surface area contributed by atoms with Crippen molar-refractivity contribution in [3.63, 3.8) is 0 Å². The number of Topliss-reactive ketones (excluding diaryl/α,β-unsaturated/α-hetero) is 1. The van der Waals surface area contributed by atoms with Crippen molar-refractivity contribution in [2.24, 2.45) is 0 Å². The highest BCUT2D eigenvalue weighted by atomic mass is 35.5. The second-order valence-corrected chi connectivity index (χ2v) is 9.65. The van der Waals surface area contributed by atoms with E-state index >= 15 is 0 Å². The number of ketones is 1. The average Bonchev–Trinajstić information content (AvgIpc) is 3.36. The third-order valence-electron chi connectivity index (χ3n) is 6.10. The number of ether oxygens (including phenoxy) is 1. The molecule has 0 radical (unpaired) electrons. The lowest BCUT2D eigenvalue weighted by atomic mass is 10.00. The first kappa shape index (κ1) is 25.5. The molecular weight excluding hydrogens is 484 g/mol. The first-order chi connectivity index (χ1) is 17.0. The van der Waals surface area contributed by atoms with Crippen LogP contribution in [0.1, 0.15) is 46.3 Å². The summed E-state index contributed by atoms with van der Waals surface area (Å²) in [6.45, 7) is 8.20. The molecule has 0 aliphatic heterocycles. The molecule has 4 aromatic rings. The topological polar surface area (TPSA) is 109 Å². The number of hydrogen-bond acceptors (Lipinski definition) is 7. The van der Waals surface area contributed by atoms with Crippen molar-refractivity contribution in [1.82, 2.24) is 19.1 Å². The third kappa shape index (κ3) is 4.64. The smallest absolute Gasteiger partial charge is 0.332 e. The van der Waals surface area contributed by atoms with Crippen LogP contribution in [0.25, 0.3) is 22.6 Å². The molecule has 10 heteroatoms. The number of pyridine rings is 1. The minimum Gasteiger partial charge on any atom is -0.443 e. The van der Waals surface area contributed by atoms with Gasteiger partial charge in [-0.25, -0.2) is 19.3 Å². The Balaban J connectivity index is 2.02. The number of carbonyl (C=O) groups is 1. The van der Waals surface area contributed by atoms with Gasteiger partial charge in [-0.1, -0.05) is 29.8 Å². The Morgan fingerprint density at radius 2 is 1.89 bits per heavy atom. The van der Waals surface area contributed by atoms with E-state index < -0.39 is 22.9 Å². The summed E-state index contributed by atoms with van der Waals surface area (Å²) in [4.78, 5) is 48.5. The summed E-state index contributed by atoms with van der Waals surface area (Å²) in [5.41, 5.74) is -1.43. The monoisotopic (exact) mass is 510 g/mol. The molecule has 0 unspecified atom stereocenters. The van der Waals surface area contributed by atoms with Gasteiger partial charge in [0.05, 0.1) is 24.4 Å². The van der Waals surface area contributed by atoms with Crippen LogP contribution in [0.4, 0.5) is 0 Å². The summed E-state index contributed by atoms with van der Waals surface area (Å²) in [6, 6.07) is 10.5. The Labute approximate surface area is 212 Å². The van der Waals surface area contributed by atoms with E-state index in [1.54, 1.807) is 18.2 Å². The van der Waals surface area contributed by atoms with E-state index in [1.165, 1.54) is 37.8 Å². The number of hydrogen-bond donors (Lipinski definition) is 0. The Bertz CT molecular complexity index is 1540. The molecule has 0 aliphatic rings. The number of fused-ring (bicyclic) bond motifs is 1. The standard InChI is InChI=1S/C26H27ClN4O5/c1-15(2)36-21(17-8-6-7-9-18(17)27)14-30-20-11-10-19(23-28-12-13-35-23)29-22(20)24(33)31(25(30)34)26(4,5)16(3)32/h6-13,15,21H,14H2,1-5H3/t21-/m0/s1. The molecule has 0 spiro atoms. The fourth-order valence-electron chi connectivity index (χ4n) is 3.98. The summed E-state index contributed by atoms with van der Waals surface area (Å²) in [5.74, 6) is -0.124. The number of benzene rings is 1. The number of rotatable bonds is 8. The lowest BCUT2D eigenvalue weighted by molar-refractivity contribution is -0.124. The molecule has 0 saturated heterocycles. The molecule has 0 bridgehead atoms. The highest BCUT2D eigenvalue weighted by Crippen LogP contribution is 2.29. The maximum atomic E-state index is 13.8. The van der Waals surface area contributed by atoms with Crippen LogP contribution in [0.3, 0.4) is 0 Å². The molecule has 36 heavy (non-hydrogen) atoms. The molecule has 0 saturated carbocycles. The molecular formula is C26H27ClN4O5. The quantitative estimate of drug-likeness (QED) is 0.346. The van der Waals surface area contributed by atoms with E-state index in [9.17, 15) is 14.4 Å². The Kier molecular flexibility index (Phi) is 6.97. The fourth-order valence-corrected chi connectivity index (χ4v) is 4.24. The van der Waals surface area contributed by atoms with Crippen molar-refractivity contribution in [2.45, 2.75) is 58.9 Å². The van der Waals surface area contributed by atoms with E-state index in [4.69, 9.17) is 20.8 Å².